The fourth-order valence-corrected chi connectivity index (χ4v) is 3.81. The summed E-state index contributed by atoms with van der Waals surface area (Å²) in [6.45, 7) is 1.30. The lowest BCUT2D eigenvalue weighted by Gasteiger charge is -2.15. The van der Waals surface area contributed by atoms with Crippen LogP contribution in [0, 0.1) is 0 Å². The van der Waals surface area contributed by atoms with Gasteiger partial charge in [-0.2, -0.15) is 10.1 Å². The van der Waals surface area contributed by atoms with E-state index in [1.54, 1.807) is 0 Å². The number of hydrogen-bond donors (Lipinski definition) is 1. The molecule has 0 bridgehead atoms. The molecule has 0 saturated carbocycles. The SMILES string of the molecule is S=[P+](N1CN1)N1CCN=C1C(Cl)(Cl)Cl. The van der Waals surface area contributed by atoms with Crippen LogP contribution in [-0.4, -0.2) is 38.8 Å². The van der Waals surface area contributed by atoms with E-state index >= 15 is 0 Å². The van der Waals surface area contributed by atoms with Crippen LogP contribution in [0.2, 0.25) is 0 Å². The molecule has 0 aromatic heterocycles. The van der Waals surface area contributed by atoms with Gasteiger partial charge in [0.2, 0.25) is 11.8 Å². The van der Waals surface area contributed by atoms with Crippen LogP contribution in [0.25, 0.3) is 0 Å². The van der Waals surface area contributed by atoms with Crippen molar-refractivity contribution in [3.63, 3.8) is 0 Å². The lowest BCUT2D eigenvalue weighted by atomic mass is 10.6. The molecular formula is C5H7Cl3N4PS+. The second kappa shape index (κ2) is 3.98. The van der Waals surface area contributed by atoms with Gasteiger partial charge in [-0.3, -0.25) is 4.99 Å². The Bertz CT molecular complexity index is 300. The van der Waals surface area contributed by atoms with Gasteiger partial charge in [0.15, 0.2) is 5.84 Å². The molecule has 9 heteroatoms. The van der Waals surface area contributed by atoms with E-state index in [4.69, 9.17) is 46.6 Å². The van der Waals surface area contributed by atoms with Gasteiger partial charge in [-0.05, 0) is 4.78 Å². The average molecular weight is 293 g/mol. The Kier molecular flexibility index (Phi) is 3.20. The highest BCUT2D eigenvalue weighted by molar-refractivity contribution is 8.03. The molecule has 78 valence electrons. The first-order valence-corrected chi connectivity index (χ1v) is 7.27. The van der Waals surface area contributed by atoms with Crippen molar-refractivity contribution in [1.82, 2.24) is 14.9 Å². The third-order valence-electron chi connectivity index (χ3n) is 1.78. The number of halogens is 3. The minimum Gasteiger partial charge on any atom is -0.263 e. The van der Waals surface area contributed by atoms with Gasteiger partial charge in [-0.25, -0.2) is 0 Å². The molecule has 0 aromatic carbocycles. The van der Waals surface area contributed by atoms with Crippen LogP contribution in [0.15, 0.2) is 4.99 Å². The Morgan fingerprint density at radius 1 is 1.50 bits per heavy atom. The van der Waals surface area contributed by atoms with Crippen molar-refractivity contribution in [2.75, 3.05) is 19.8 Å². The molecule has 1 fully saturated rings. The molecule has 1 saturated heterocycles. The predicted molar refractivity (Wildman–Crippen MR) is 63.4 cm³/mol. The number of nitrogens with one attached hydrogen (secondary N) is 1. The Balaban J connectivity index is 2.13. The molecule has 2 unspecified atom stereocenters. The summed E-state index contributed by atoms with van der Waals surface area (Å²) in [5, 5.41) is 0. The van der Waals surface area contributed by atoms with Crippen molar-refractivity contribution in [3.8, 4) is 0 Å². The Hall–Kier alpha value is 0.780. The Morgan fingerprint density at radius 2 is 2.14 bits per heavy atom. The van der Waals surface area contributed by atoms with Crippen LogP contribution in [-0.2, 0) is 11.8 Å². The van der Waals surface area contributed by atoms with Gasteiger partial charge >= 0.3 is 7.00 Å². The van der Waals surface area contributed by atoms with Crippen molar-refractivity contribution in [2.45, 2.75) is 3.79 Å². The first kappa shape index (κ1) is 11.3. The summed E-state index contributed by atoms with van der Waals surface area (Å²) >= 11 is 22.7. The van der Waals surface area contributed by atoms with E-state index in [0.717, 1.165) is 13.2 Å². The standard InChI is InChI=1S/C5H7Cl3N4PS/c6-5(7,8)4-9-1-2-11(4)13(14)12-3-10-12/h10H,1-3H2/q+1. The summed E-state index contributed by atoms with van der Waals surface area (Å²) in [5.41, 5.74) is 3.02. The van der Waals surface area contributed by atoms with Crippen LogP contribution in [0.5, 0.6) is 0 Å². The number of nitrogens with zero attached hydrogens (tertiary/aromatic N) is 3. The largest absolute Gasteiger partial charge is 0.413 e. The van der Waals surface area contributed by atoms with E-state index < -0.39 is 10.8 Å². The molecule has 0 amide bonds. The molecule has 2 heterocycles. The zero-order valence-electron chi connectivity index (χ0n) is 6.95. The third-order valence-corrected chi connectivity index (χ3v) is 4.97. The molecule has 2 aliphatic rings. The van der Waals surface area contributed by atoms with Crippen molar-refractivity contribution in [2.24, 2.45) is 4.99 Å². The number of alkyl halides is 3. The highest BCUT2D eigenvalue weighted by Crippen LogP contribution is 2.42. The maximum atomic E-state index is 5.79. The molecule has 1 N–H and O–H groups in total. The smallest absolute Gasteiger partial charge is 0.263 e. The Labute approximate surface area is 103 Å². The van der Waals surface area contributed by atoms with Crippen LogP contribution < -0.4 is 5.43 Å². The minimum atomic E-state index is -1.47. The molecule has 2 atom stereocenters. The monoisotopic (exact) mass is 291 g/mol. The lowest BCUT2D eigenvalue weighted by molar-refractivity contribution is 0.670. The molecule has 0 radical (unpaired) electrons. The average Bonchev–Trinajstić information content (AvgIpc) is 2.78. The fourth-order valence-electron chi connectivity index (χ4n) is 1.12. The molecule has 0 spiro atoms. The quantitative estimate of drug-likeness (QED) is 0.477. The van der Waals surface area contributed by atoms with Gasteiger partial charge in [0.1, 0.15) is 6.67 Å². The zero-order chi connectivity index (χ0) is 10.3. The van der Waals surface area contributed by atoms with E-state index in [2.05, 4.69) is 10.4 Å². The molecule has 14 heavy (non-hydrogen) atoms. The second-order valence-corrected chi connectivity index (χ2v) is 7.53. The third kappa shape index (κ3) is 2.30. The molecule has 2 rings (SSSR count). The highest BCUT2D eigenvalue weighted by atomic mass is 35.6. The van der Waals surface area contributed by atoms with E-state index in [9.17, 15) is 0 Å². The molecule has 4 nitrogen and oxygen atoms in total. The van der Waals surface area contributed by atoms with Crippen molar-refractivity contribution >= 4 is 59.4 Å². The normalized spacial score (nSPS) is 27.6. The molecule has 0 aliphatic carbocycles. The van der Waals surface area contributed by atoms with Gasteiger partial charge in [0.05, 0.1) is 13.1 Å². The highest BCUT2D eigenvalue weighted by Gasteiger charge is 2.48. The number of aliphatic imine (C=N–C) groups is 1. The van der Waals surface area contributed by atoms with Gasteiger partial charge in [0, 0.05) is 0 Å². The lowest BCUT2D eigenvalue weighted by Crippen LogP contribution is -2.32. The first-order valence-electron chi connectivity index (χ1n) is 3.87. The van der Waals surface area contributed by atoms with Gasteiger partial charge in [0.25, 0.3) is 3.79 Å². The molecule has 0 aromatic rings. The van der Waals surface area contributed by atoms with Crippen molar-refractivity contribution in [3.05, 3.63) is 0 Å². The summed E-state index contributed by atoms with van der Waals surface area (Å²) in [6.07, 6.45) is 0. The van der Waals surface area contributed by atoms with Crippen LogP contribution in [0.1, 0.15) is 0 Å². The fraction of sp³-hybridized carbons (Fsp3) is 0.800. The first-order chi connectivity index (χ1) is 6.50. The van der Waals surface area contributed by atoms with E-state index in [0.29, 0.717) is 12.4 Å². The van der Waals surface area contributed by atoms with Gasteiger partial charge in [-0.1, -0.05) is 34.8 Å². The minimum absolute atomic E-state index is 0.470. The summed E-state index contributed by atoms with van der Waals surface area (Å²) in [7, 11) is 0. The maximum Gasteiger partial charge on any atom is 0.413 e. The summed E-state index contributed by atoms with van der Waals surface area (Å²) in [5.74, 6) is 0.470. The number of hydrazine groups is 1. The Morgan fingerprint density at radius 3 is 2.64 bits per heavy atom. The van der Waals surface area contributed by atoms with Gasteiger partial charge in [-0.15, -0.1) is 0 Å². The predicted octanol–water partition coefficient (Wildman–Crippen LogP) is 1.62. The number of rotatable bonds is 2. The van der Waals surface area contributed by atoms with Gasteiger partial charge < -0.3 is 0 Å². The second-order valence-electron chi connectivity index (χ2n) is 2.79. The van der Waals surface area contributed by atoms with Crippen molar-refractivity contribution in [1.29, 1.82) is 0 Å². The van der Waals surface area contributed by atoms with E-state index in [-0.39, 0.29) is 0 Å². The maximum absolute atomic E-state index is 5.79. The number of amidine groups is 1. The van der Waals surface area contributed by atoms with Crippen LogP contribution in [0.4, 0.5) is 0 Å². The van der Waals surface area contributed by atoms with Crippen LogP contribution >= 0.6 is 41.8 Å². The van der Waals surface area contributed by atoms with Crippen molar-refractivity contribution < 1.29 is 0 Å². The summed E-state index contributed by atoms with van der Waals surface area (Å²) < 4.78 is 2.35. The number of hydrogen-bond acceptors (Lipinski definition) is 3. The van der Waals surface area contributed by atoms with Crippen LogP contribution in [0.3, 0.4) is 0 Å². The summed E-state index contributed by atoms with van der Waals surface area (Å²) in [6, 6.07) is 0. The molecule has 2 aliphatic heterocycles. The van der Waals surface area contributed by atoms with E-state index in [1.165, 1.54) is 0 Å². The zero-order valence-corrected chi connectivity index (χ0v) is 10.9. The van der Waals surface area contributed by atoms with E-state index in [1.807, 2.05) is 9.45 Å². The summed E-state index contributed by atoms with van der Waals surface area (Å²) in [4.78, 5) is 4.16. The topological polar surface area (TPSA) is 40.6 Å². The molecular weight excluding hydrogens is 285 g/mol.